The van der Waals surface area contributed by atoms with Crippen LogP contribution < -0.4 is 15.5 Å². The maximum Gasteiger partial charge on any atom is 0.317 e. The first kappa shape index (κ1) is 26.2. The van der Waals surface area contributed by atoms with Crippen molar-refractivity contribution in [2.75, 3.05) is 31.3 Å². The SMILES string of the molecule is CCCC[C@]1(CC)CS(=O)(=O)c2cc(CNCC(=O)O)c(N(C)C)cc2[C@@H](c2ccccc2)N1. The van der Waals surface area contributed by atoms with E-state index in [9.17, 15) is 13.2 Å². The standard InChI is InChI=1S/C26H37N3O4S/c1-5-7-13-26(6-2)18-34(32,33)23-14-20(16-27-17-24(30)31)22(29(3)4)15-21(23)25(28-26)19-11-9-8-10-12-19/h8-12,14-15,25,27-28H,5-7,13,16-18H2,1-4H3,(H,30,31)/t25-,26-/m1/s1. The van der Waals surface area contributed by atoms with Gasteiger partial charge in [-0.05, 0) is 41.7 Å². The Bertz CT molecular complexity index is 1100. The van der Waals surface area contributed by atoms with Crippen molar-refractivity contribution in [2.45, 2.75) is 62.6 Å². The van der Waals surface area contributed by atoms with Gasteiger partial charge in [-0.2, -0.15) is 0 Å². The lowest BCUT2D eigenvalue weighted by Gasteiger charge is -2.36. The fourth-order valence-electron chi connectivity index (χ4n) is 4.80. The fourth-order valence-corrected chi connectivity index (χ4v) is 6.97. The van der Waals surface area contributed by atoms with Crippen LogP contribution in [-0.4, -0.2) is 51.4 Å². The molecule has 1 aliphatic heterocycles. The van der Waals surface area contributed by atoms with Crippen LogP contribution in [0.1, 0.15) is 62.3 Å². The van der Waals surface area contributed by atoms with Gasteiger partial charge in [0.15, 0.2) is 9.84 Å². The van der Waals surface area contributed by atoms with Crippen LogP contribution in [0, 0.1) is 0 Å². The van der Waals surface area contributed by atoms with Gasteiger partial charge in [0, 0.05) is 31.9 Å². The Labute approximate surface area is 203 Å². The van der Waals surface area contributed by atoms with E-state index in [1.807, 2.05) is 55.4 Å². The first-order valence-electron chi connectivity index (χ1n) is 11.9. The smallest absolute Gasteiger partial charge is 0.317 e. The number of nitrogens with zero attached hydrogens (tertiary/aromatic N) is 1. The van der Waals surface area contributed by atoms with E-state index in [0.29, 0.717) is 11.3 Å². The zero-order valence-corrected chi connectivity index (χ0v) is 21.4. The molecular formula is C26H37N3O4S. The minimum absolute atomic E-state index is 0.0378. The van der Waals surface area contributed by atoms with Crippen molar-refractivity contribution in [3.63, 3.8) is 0 Å². The second kappa shape index (κ2) is 10.9. The van der Waals surface area contributed by atoms with Crippen LogP contribution in [0.3, 0.4) is 0 Å². The number of carboxylic acids is 1. The number of fused-ring (bicyclic) bond motifs is 1. The highest BCUT2D eigenvalue weighted by Gasteiger charge is 2.42. The van der Waals surface area contributed by atoms with Crippen LogP contribution in [0.25, 0.3) is 0 Å². The summed E-state index contributed by atoms with van der Waals surface area (Å²) in [6.07, 6.45) is 3.43. The molecule has 0 radical (unpaired) electrons. The molecule has 1 heterocycles. The van der Waals surface area contributed by atoms with Crippen LogP contribution in [-0.2, 0) is 21.2 Å². The highest BCUT2D eigenvalue weighted by atomic mass is 32.2. The van der Waals surface area contributed by atoms with Gasteiger partial charge in [0.05, 0.1) is 23.2 Å². The second-order valence-corrected chi connectivity index (χ2v) is 11.4. The van der Waals surface area contributed by atoms with Crippen molar-refractivity contribution in [3.8, 4) is 0 Å². The van der Waals surface area contributed by atoms with Crippen LogP contribution >= 0.6 is 0 Å². The van der Waals surface area contributed by atoms with Gasteiger partial charge in [-0.1, -0.05) is 57.0 Å². The van der Waals surface area contributed by atoms with Crippen molar-refractivity contribution in [2.24, 2.45) is 0 Å². The molecule has 0 aliphatic carbocycles. The number of benzene rings is 2. The number of aliphatic carboxylic acids is 1. The molecule has 0 spiro atoms. The molecule has 0 saturated heterocycles. The third-order valence-corrected chi connectivity index (χ3v) is 8.62. The largest absolute Gasteiger partial charge is 0.480 e. The summed E-state index contributed by atoms with van der Waals surface area (Å²) in [4.78, 5) is 13.3. The van der Waals surface area contributed by atoms with Crippen LogP contribution in [0.15, 0.2) is 47.4 Å². The normalized spacial score (nSPS) is 21.5. The van der Waals surface area contributed by atoms with E-state index in [1.54, 1.807) is 6.07 Å². The van der Waals surface area contributed by atoms with Crippen molar-refractivity contribution in [1.29, 1.82) is 0 Å². The van der Waals surface area contributed by atoms with Gasteiger partial charge in [0.2, 0.25) is 0 Å². The molecule has 2 atom stereocenters. The van der Waals surface area contributed by atoms with Gasteiger partial charge in [0.25, 0.3) is 0 Å². The number of hydrogen-bond acceptors (Lipinski definition) is 6. The lowest BCUT2D eigenvalue weighted by molar-refractivity contribution is -0.136. The average Bonchev–Trinajstić information content (AvgIpc) is 2.90. The molecule has 7 nitrogen and oxygen atoms in total. The molecule has 0 fully saturated rings. The van der Waals surface area contributed by atoms with Gasteiger partial charge < -0.3 is 15.3 Å². The molecule has 0 amide bonds. The summed E-state index contributed by atoms with van der Waals surface area (Å²) in [7, 11) is 0.225. The molecule has 0 aromatic heterocycles. The van der Waals surface area contributed by atoms with Crippen LogP contribution in [0.4, 0.5) is 5.69 Å². The monoisotopic (exact) mass is 487 g/mol. The number of unbranched alkanes of at least 4 members (excludes halogenated alkanes) is 1. The van der Waals surface area contributed by atoms with Gasteiger partial charge in [-0.3, -0.25) is 10.1 Å². The highest BCUT2D eigenvalue weighted by Crippen LogP contribution is 2.40. The van der Waals surface area contributed by atoms with Gasteiger partial charge in [-0.15, -0.1) is 0 Å². The van der Waals surface area contributed by atoms with Crippen molar-refractivity contribution in [3.05, 3.63) is 59.2 Å². The summed E-state index contributed by atoms with van der Waals surface area (Å²) in [5.41, 5.74) is 2.86. The Morgan fingerprint density at radius 3 is 2.50 bits per heavy atom. The predicted molar refractivity (Wildman–Crippen MR) is 136 cm³/mol. The van der Waals surface area contributed by atoms with Crippen molar-refractivity contribution < 1.29 is 18.3 Å². The molecule has 186 valence electrons. The molecule has 8 heteroatoms. The molecule has 2 aromatic rings. The minimum Gasteiger partial charge on any atom is -0.480 e. The molecule has 0 bridgehead atoms. The summed E-state index contributed by atoms with van der Waals surface area (Å²) in [6.45, 7) is 4.25. The molecule has 34 heavy (non-hydrogen) atoms. The molecule has 2 aromatic carbocycles. The maximum atomic E-state index is 13.9. The zero-order chi connectivity index (χ0) is 24.9. The maximum absolute atomic E-state index is 13.9. The van der Waals surface area contributed by atoms with E-state index in [2.05, 4.69) is 24.5 Å². The lowest BCUT2D eigenvalue weighted by atomic mass is 9.87. The fraction of sp³-hybridized carbons (Fsp3) is 0.500. The summed E-state index contributed by atoms with van der Waals surface area (Å²) in [5.74, 6) is -0.915. The Hall–Kier alpha value is -2.42. The Morgan fingerprint density at radius 2 is 1.91 bits per heavy atom. The molecule has 0 unspecified atom stereocenters. The zero-order valence-electron chi connectivity index (χ0n) is 20.6. The Balaban J connectivity index is 2.22. The number of hydrogen-bond donors (Lipinski definition) is 3. The molecule has 3 N–H and O–H groups in total. The lowest BCUT2D eigenvalue weighted by Crippen LogP contribution is -2.50. The number of nitrogens with one attached hydrogen (secondary N) is 2. The van der Waals surface area contributed by atoms with E-state index in [1.165, 1.54) is 0 Å². The summed E-state index contributed by atoms with van der Waals surface area (Å²) in [5, 5.41) is 15.7. The van der Waals surface area contributed by atoms with E-state index in [4.69, 9.17) is 5.11 Å². The van der Waals surface area contributed by atoms with Gasteiger partial charge in [0.1, 0.15) is 0 Å². The van der Waals surface area contributed by atoms with Crippen LogP contribution in [0.2, 0.25) is 0 Å². The minimum atomic E-state index is -3.60. The average molecular weight is 488 g/mol. The second-order valence-electron chi connectivity index (χ2n) is 9.40. The topological polar surface area (TPSA) is 98.7 Å². The number of sulfone groups is 1. The van der Waals surface area contributed by atoms with E-state index in [-0.39, 0.29) is 24.9 Å². The predicted octanol–water partition coefficient (Wildman–Crippen LogP) is 3.73. The Kier molecular flexibility index (Phi) is 8.38. The number of carbonyl (C=O) groups is 1. The molecular weight excluding hydrogens is 450 g/mol. The highest BCUT2D eigenvalue weighted by molar-refractivity contribution is 7.91. The quantitative estimate of drug-likeness (QED) is 0.470. The van der Waals surface area contributed by atoms with Crippen molar-refractivity contribution >= 4 is 21.5 Å². The third kappa shape index (κ3) is 5.79. The Morgan fingerprint density at radius 1 is 1.21 bits per heavy atom. The van der Waals surface area contributed by atoms with Gasteiger partial charge >= 0.3 is 5.97 Å². The van der Waals surface area contributed by atoms with E-state index in [0.717, 1.165) is 41.6 Å². The van der Waals surface area contributed by atoms with Gasteiger partial charge in [-0.25, -0.2) is 8.42 Å². The summed E-state index contributed by atoms with van der Waals surface area (Å²) >= 11 is 0. The number of rotatable bonds is 10. The number of anilines is 1. The molecule has 3 rings (SSSR count). The summed E-state index contributed by atoms with van der Waals surface area (Å²) < 4.78 is 27.7. The first-order chi connectivity index (χ1) is 16.1. The summed E-state index contributed by atoms with van der Waals surface area (Å²) in [6, 6.07) is 13.4. The third-order valence-electron chi connectivity index (χ3n) is 6.67. The molecule has 1 aliphatic rings. The number of carboxylic acid groups (broad SMARTS) is 1. The van der Waals surface area contributed by atoms with Crippen molar-refractivity contribution in [1.82, 2.24) is 10.6 Å². The first-order valence-corrected chi connectivity index (χ1v) is 13.6. The van der Waals surface area contributed by atoms with E-state index < -0.39 is 21.3 Å². The van der Waals surface area contributed by atoms with Crippen LogP contribution in [0.5, 0.6) is 0 Å². The van der Waals surface area contributed by atoms with E-state index >= 15 is 0 Å². The molecule has 0 saturated carbocycles.